The fourth-order valence-corrected chi connectivity index (χ4v) is 7.12. The molecule has 246 valence electrons. The van der Waals surface area contributed by atoms with Crippen LogP contribution < -0.4 is 4.89 Å². The van der Waals surface area contributed by atoms with Gasteiger partial charge in [-0.2, -0.15) is 0 Å². The van der Waals surface area contributed by atoms with Crippen LogP contribution in [0.1, 0.15) is 150 Å². The zero-order valence-corrected chi connectivity index (χ0v) is 29.5. The first-order chi connectivity index (χ1) is 19.3. The van der Waals surface area contributed by atoms with E-state index in [0.717, 1.165) is 12.8 Å². The molecule has 0 saturated heterocycles. The minimum Gasteiger partial charge on any atom is -0.774 e. The van der Waals surface area contributed by atoms with E-state index in [-0.39, 0.29) is 6.61 Å². The predicted octanol–water partition coefficient (Wildman–Crippen LogP) is 9.41. The van der Waals surface area contributed by atoms with Crippen molar-refractivity contribution in [2.24, 2.45) is 0 Å². The van der Waals surface area contributed by atoms with Gasteiger partial charge in [-0.25, -0.2) is 0 Å². The Kier molecular flexibility index (Phi) is 24.0. The molecule has 0 spiro atoms. The quantitative estimate of drug-likeness (QED) is 0.0386. The number of hydrogen-bond acceptors (Lipinski definition) is 5. The van der Waals surface area contributed by atoms with Gasteiger partial charge < -0.3 is 27.9 Å². The molecule has 0 aliphatic heterocycles. The average Bonchev–Trinajstić information content (AvgIpc) is 2.86. The van der Waals surface area contributed by atoms with Crippen LogP contribution in [0.4, 0.5) is 0 Å². The van der Waals surface area contributed by atoms with Crippen molar-refractivity contribution in [1.82, 2.24) is 0 Å². The highest BCUT2D eigenvalue weighted by molar-refractivity contribution is 7.51. The second-order valence-electron chi connectivity index (χ2n) is 13.8. The third-order valence-electron chi connectivity index (χ3n) is 7.44. The summed E-state index contributed by atoms with van der Waals surface area (Å²) in [6.45, 7) is 11.0. The minimum atomic E-state index is -4.04. The molecule has 0 aliphatic carbocycles. The molecule has 0 bridgehead atoms. The van der Waals surface area contributed by atoms with Crippen LogP contribution in [0.25, 0.3) is 0 Å². The van der Waals surface area contributed by atoms with E-state index in [0.29, 0.717) is 24.1 Å². The van der Waals surface area contributed by atoms with Crippen LogP contribution in [0.15, 0.2) is 12.2 Å². The van der Waals surface area contributed by atoms with Crippen molar-refractivity contribution in [3.05, 3.63) is 12.2 Å². The second-order valence-corrected chi connectivity index (χ2v) is 15.7. The molecule has 3 atom stereocenters. The molecule has 0 fully saturated rings. The topological polar surface area (TPSA) is 67.8 Å². The summed E-state index contributed by atoms with van der Waals surface area (Å²) in [5, 5.41) is 0. The first kappa shape index (κ1) is 40.8. The van der Waals surface area contributed by atoms with Gasteiger partial charge in [0, 0.05) is 13.0 Å². The number of hydrogen-bond donors (Lipinski definition) is 0. The third-order valence-corrected chi connectivity index (χ3v) is 9.74. The lowest BCUT2D eigenvalue weighted by Gasteiger charge is -2.41. The molecular weight excluding hydrogens is 533 g/mol. The number of rotatable bonds is 28. The van der Waals surface area contributed by atoms with E-state index in [2.05, 4.69) is 19.1 Å². The number of allylic oxidation sites excluding steroid dienone is 2. The summed E-state index contributed by atoms with van der Waals surface area (Å²) in [6.07, 6.45) is 27.2. The Bertz CT molecular complexity index is 671. The molecule has 41 heavy (non-hydrogen) atoms. The number of unbranched alkanes of at least 4 members (excludes halogenated alkanes) is 15. The van der Waals surface area contributed by atoms with E-state index in [1.807, 2.05) is 48.8 Å². The molecule has 0 amide bonds. The number of ether oxygens (including phenoxy) is 2. The Hall–Kier alpha value is -0.230. The molecule has 0 N–H and O–H groups in total. The highest BCUT2D eigenvalue weighted by atomic mass is 31.2. The normalized spacial score (nSPS) is 15.8. The summed E-state index contributed by atoms with van der Waals surface area (Å²) in [5.74, 6) is -0.584. The molecule has 0 aromatic carbocycles. The lowest BCUT2D eigenvalue weighted by atomic mass is 10.1. The fraction of sp³-hybridized carbons (Fsp3) is 0.941. The molecule has 7 heteroatoms. The summed E-state index contributed by atoms with van der Waals surface area (Å²) in [7, 11) is 1.60. The van der Waals surface area contributed by atoms with Gasteiger partial charge in [-0.15, -0.1) is 0 Å². The van der Waals surface area contributed by atoms with Gasteiger partial charge in [0.25, 0.3) is 0 Å². The van der Waals surface area contributed by atoms with Crippen LogP contribution in [0.3, 0.4) is 0 Å². The van der Waals surface area contributed by atoms with Crippen molar-refractivity contribution in [1.29, 1.82) is 0 Å². The van der Waals surface area contributed by atoms with Crippen molar-refractivity contribution in [3.63, 3.8) is 0 Å². The highest BCUT2D eigenvalue weighted by Gasteiger charge is 2.34. The first-order valence-corrected chi connectivity index (χ1v) is 18.6. The molecule has 0 aromatic heterocycles. The number of nitrogens with zero attached hydrogens (tertiary/aromatic N) is 1. The smallest absolute Gasteiger partial charge is 0.193 e. The monoisotopic (exact) mass is 603 g/mol. The van der Waals surface area contributed by atoms with Crippen LogP contribution >= 0.6 is 7.60 Å². The molecule has 0 rings (SSSR count). The lowest BCUT2D eigenvalue weighted by molar-refractivity contribution is -0.884. The zero-order chi connectivity index (χ0) is 31.0. The third kappa shape index (κ3) is 24.9. The van der Waals surface area contributed by atoms with Crippen molar-refractivity contribution < 1.29 is 27.9 Å². The van der Waals surface area contributed by atoms with Gasteiger partial charge in [0.1, 0.15) is 6.10 Å². The van der Waals surface area contributed by atoms with Gasteiger partial charge in [0.2, 0.25) is 0 Å². The molecule has 6 nitrogen and oxygen atoms in total. The lowest BCUT2D eigenvalue weighted by Crippen LogP contribution is -2.47. The van der Waals surface area contributed by atoms with Crippen LogP contribution in [0, 0.1) is 0 Å². The van der Waals surface area contributed by atoms with Crippen molar-refractivity contribution in [2.75, 3.05) is 41.0 Å². The van der Waals surface area contributed by atoms with E-state index in [4.69, 9.17) is 14.0 Å². The molecule has 0 saturated carbocycles. The van der Waals surface area contributed by atoms with E-state index in [1.54, 1.807) is 0 Å². The van der Waals surface area contributed by atoms with E-state index >= 15 is 0 Å². The van der Waals surface area contributed by atoms with Gasteiger partial charge >= 0.3 is 0 Å². The van der Waals surface area contributed by atoms with Crippen molar-refractivity contribution >= 4 is 7.60 Å². The van der Waals surface area contributed by atoms with Crippen molar-refractivity contribution in [2.45, 2.75) is 168 Å². The van der Waals surface area contributed by atoms with Crippen LogP contribution in [-0.4, -0.2) is 62.9 Å². The highest BCUT2D eigenvalue weighted by Crippen LogP contribution is 2.47. The van der Waals surface area contributed by atoms with Gasteiger partial charge in [-0.05, 0) is 52.9 Å². The number of quaternary nitrogens is 1. The molecule has 0 radical (unpaired) electrons. The van der Waals surface area contributed by atoms with Crippen molar-refractivity contribution in [3.8, 4) is 0 Å². The Morgan fingerprint density at radius 3 is 1.63 bits per heavy atom. The molecule has 0 heterocycles. The maximum atomic E-state index is 12.8. The molecule has 0 aliphatic rings. The average molecular weight is 604 g/mol. The molecule has 0 aromatic rings. The zero-order valence-electron chi connectivity index (χ0n) is 28.6. The van der Waals surface area contributed by atoms with E-state index < -0.39 is 25.1 Å². The Morgan fingerprint density at radius 1 is 0.732 bits per heavy atom. The summed E-state index contributed by atoms with van der Waals surface area (Å²) in [6, 6.07) is 0. The second kappa shape index (κ2) is 24.1. The Labute approximate surface area is 256 Å². The maximum absolute atomic E-state index is 12.8. The molecular formula is C34H70NO5P. The summed E-state index contributed by atoms with van der Waals surface area (Å²) < 4.78 is 30.6. The van der Waals surface area contributed by atoms with Gasteiger partial charge in [-0.1, -0.05) is 103 Å². The van der Waals surface area contributed by atoms with Gasteiger partial charge in [0.15, 0.2) is 13.4 Å². The maximum Gasteiger partial charge on any atom is 0.193 e. The SMILES string of the molecule is CCCCCCCCCC/C=C\CCCCCCCCCOC[C@H](COP(=O)([O-])C(CC)[N+](C)(C)C)OC(C)(C)C. The summed E-state index contributed by atoms with van der Waals surface area (Å²) in [5.41, 5.74) is -0.405. The predicted molar refractivity (Wildman–Crippen MR) is 174 cm³/mol. The minimum absolute atomic E-state index is 0.0110. The van der Waals surface area contributed by atoms with Gasteiger partial charge in [0.05, 0.1) is 40.0 Å². The summed E-state index contributed by atoms with van der Waals surface area (Å²) >= 11 is 0. The van der Waals surface area contributed by atoms with Crippen LogP contribution in [0.2, 0.25) is 0 Å². The van der Waals surface area contributed by atoms with Crippen LogP contribution in [-0.2, 0) is 18.6 Å². The Morgan fingerprint density at radius 2 is 1.20 bits per heavy atom. The first-order valence-electron chi connectivity index (χ1n) is 17.0. The fourth-order valence-electron chi connectivity index (χ4n) is 5.28. The summed E-state index contributed by atoms with van der Waals surface area (Å²) in [4.78, 5) is 12.8. The molecule has 2 unspecified atom stereocenters. The standard InChI is InChI=1S/C34H70NO5P/c1-9-11-12-13-14-15-16-17-18-19-20-21-22-23-24-25-26-27-28-29-38-30-32(40-34(3,4)5)31-39-41(36,37)33(10-2)35(6,7)8/h19-20,32-33H,9-18,21-31H2,1-8H3/b20-19-/t32-,33?/m1/s1. The largest absolute Gasteiger partial charge is 0.774 e. The Balaban J connectivity index is 3.90. The van der Waals surface area contributed by atoms with E-state index in [1.165, 1.54) is 96.3 Å². The van der Waals surface area contributed by atoms with Crippen LogP contribution in [0.5, 0.6) is 0 Å². The van der Waals surface area contributed by atoms with Gasteiger partial charge in [-0.3, -0.25) is 0 Å². The van der Waals surface area contributed by atoms with E-state index in [9.17, 15) is 9.46 Å².